The molecule has 0 N–H and O–H groups in total. The SMILES string of the molecule is Cc1nc(-c2ccc(F)cc2)c([C]2[CH][CH][CH][C]2CN(C)C)o1. The molecule has 2 aromatic rings. The molecule has 0 saturated heterocycles. The van der Waals surface area contributed by atoms with Crippen LogP contribution in [-0.4, -0.2) is 30.5 Å². The molecule has 1 saturated carbocycles. The van der Waals surface area contributed by atoms with Gasteiger partial charge in [0.15, 0.2) is 5.89 Å². The summed E-state index contributed by atoms with van der Waals surface area (Å²) < 4.78 is 19.0. The maximum atomic E-state index is 13.1. The number of hydrogen-bond donors (Lipinski definition) is 0. The van der Waals surface area contributed by atoms with Crippen LogP contribution < -0.4 is 0 Å². The molecule has 113 valence electrons. The fourth-order valence-corrected chi connectivity index (χ4v) is 2.57. The Hall–Kier alpha value is -1.68. The fourth-order valence-electron chi connectivity index (χ4n) is 2.57. The van der Waals surface area contributed by atoms with Crippen LogP contribution in [0.25, 0.3) is 11.3 Å². The second kappa shape index (κ2) is 6.21. The van der Waals surface area contributed by atoms with Crippen molar-refractivity contribution in [2.45, 2.75) is 6.92 Å². The van der Waals surface area contributed by atoms with Crippen LogP contribution in [0.3, 0.4) is 0 Å². The lowest BCUT2D eigenvalue weighted by atomic mass is 9.91. The van der Waals surface area contributed by atoms with Gasteiger partial charge < -0.3 is 9.32 Å². The second-order valence-corrected chi connectivity index (χ2v) is 5.62. The van der Waals surface area contributed by atoms with Gasteiger partial charge in [0.25, 0.3) is 0 Å². The maximum absolute atomic E-state index is 13.1. The van der Waals surface area contributed by atoms with E-state index in [0.717, 1.165) is 29.5 Å². The van der Waals surface area contributed by atoms with Gasteiger partial charge >= 0.3 is 0 Å². The summed E-state index contributed by atoms with van der Waals surface area (Å²) in [5.41, 5.74) is 1.61. The number of aryl methyl sites for hydroxylation is 1. The highest BCUT2D eigenvalue weighted by atomic mass is 19.1. The van der Waals surface area contributed by atoms with Crippen molar-refractivity contribution in [1.82, 2.24) is 9.88 Å². The van der Waals surface area contributed by atoms with Crippen molar-refractivity contribution in [2.75, 3.05) is 20.6 Å². The average molecular weight is 297 g/mol. The number of hydrogen-bond acceptors (Lipinski definition) is 3. The normalized spacial score (nSPS) is 16.8. The highest BCUT2D eigenvalue weighted by Crippen LogP contribution is 2.42. The molecule has 1 aromatic carbocycles. The smallest absolute Gasteiger partial charge is 0.191 e. The number of nitrogens with zero attached hydrogens (tertiary/aromatic N) is 2. The summed E-state index contributed by atoms with van der Waals surface area (Å²) in [6.07, 6.45) is 6.13. The Labute approximate surface area is 131 Å². The van der Waals surface area contributed by atoms with Crippen LogP contribution >= 0.6 is 0 Å². The Morgan fingerprint density at radius 2 is 1.86 bits per heavy atom. The monoisotopic (exact) mass is 297 g/mol. The Morgan fingerprint density at radius 1 is 1.14 bits per heavy atom. The summed E-state index contributed by atoms with van der Waals surface area (Å²) in [6.45, 7) is 2.65. The number of aromatic nitrogens is 1. The molecule has 3 rings (SSSR count). The molecule has 0 spiro atoms. The van der Waals surface area contributed by atoms with E-state index in [1.165, 1.54) is 18.1 Å². The van der Waals surface area contributed by atoms with Crippen molar-refractivity contribution in [3.8, 4) is 11.3 Å². The van der Waals surface area contributed by atoms with Crippen molar-refractivity contribution >= 4 is 0 Å². The van der Waals surface area contributed by atoms with Gasteiger partial charge in [-0.25, -0.2) is 9.37 Å². The standard InChI is InChI=1S/C18H18FN2O/c1-12-20-17(13-7-9-15(19)10-8-13)18(22-12)16-6-4-5-14(16)11-21(2)3/h4-10H,11H2,1-3H3. The summed E-state index contributed by atoms with van der Waals surface area (Å²) >= 11 is 0. The lowest BCUT2D eigenvalue weighted by Crippen LogP contribution is -2.22. The van der Waals surface area contributed by atoms with Crippen LogP contribution in [0.1, 0.15) is 11.7 Å². The minimum absolute atomic E-state index is 0.257. The maximum Gasteiger partial charge on any atom is 0.191 e. The van der Waals surface area contributed by atoms with Crippen LogP contribution in [-0.2, 0) is 0 Å². The molecule has 22 heavy (non-hydrogen) atoms. The van der Waals surface area contributed by atoms with Gasteiger partial charge in [0.1, 0.15) is 17.3 Å². The zero-order valence-electron chi connectivity index (χ0n) is 12.9. The van der Waals surface area contributed by atoms with Crippen molar-refractivity contribution in [3.05, 3.63) is 72.8 Å². The lowest BCUT2D eigenvalue weighted by molar-refractivity contribution is 0.422. The number of benzene rings is 1. The Kier molecular flexibility index (Phi) is 4.30. The predicted octanol–water partition coefficient (Wildman–Crippen LogP) is 3.47. The van der Waals surface area contributed by atoms with Gasteiger partial charge in [-0.1, -0.05) is 0 Å². The fraction of sp³-hybridized carbons (Fsp3) is 0.222. The summed E-state index contributed by atoms with van der Waals surface area (Å²) in [6, 6.07) is 6.33. The molecular weight excluding hydrogens is 279 g/mol. The first-order valence-electron chi connectivity index (χ1n) is 7.17. The van der Waals surface area contributed by atoms with Crippen molar-refractivity contribution in [1.29, 1.82) is 0 Å². The van der Waals surface area contributed by atoms with Gasteiger partial charge in [0.05, 0.1) is 5.92 Å². The van der Waals surface area contributed by atoms with E-state index in [-0.39, 0.29) is 5.82 Å². The van der Waals surface area contributed by atoms with Gasteiger partial charge in [-0.2, -0.15) is 0 Å². The van der Waals surface area contributed by atoms with Gasteiger partial charge in [0.2, 0.25) is 0 Å². The third-order valence-corrected chi connectivity index (χ3v) is 3.49. The van der Waals surface area contributed by atoms with E-state index in [4.69, 9.17) is 4.42 Å². The zero-order chi connectivity index (χ0) is 15.7. The third-order valence-electron chi connectivity index (χ3n) is 3.49. The average Bonchev–Trinajstić information content (AvgIpc) is 3.05. The van der Waals surface area contributed by atoms with E-state index in [1.54, 1.807) is 12.1 Å². The minimum Gasteiger partial charge on any atom is -0.445 e. The van der Waals surface area contributed by atoms with Crippen molar-refractivity contribution in [2.24, 2.45) is 0 Å². The molecular formula is C18H18FN2O. The molecule has 1 fully saturated rings. The highest BCUT2D eigenvalue weighted by molar-refractivity contribution is 5.68. The zero-order valence-corrected chi connectivity index (χ0v) is 12.9. The summed E-state index contributed by atoms with van der Waals surface area (Å²) in [7, 11) is 4.06. The van der Waals surface area contributed by atoms with E-state index >= 15 is 0 Å². The first-order chi connectivity index (χ1) is 10.5. The topological polar surface area (TPSA) is 29.3 Å². The molecule has 0 bridgehead atoms. The molecule has 1 aromatic heterocycles. The minimum atomic E-state index is -0.257. The van der Waals surface area contributed by atoms with E-state index < -0.39 is 0 Å². The molecule has 0 amide bonds. The summed E-state index contributed by atoms with van der Waals surface area (Å²) in [5, 5.41) is 0. The van der Waals surface area contributed by atoms with Gasteiger partial charge in [0, 0.05) is 24.9 Å². The second-order valence-electron chi connectivity index (χ2n) is 5.62. The molecule has 1 heterocycles. The van der Waals surface area contributed by atoms with Crippen LogP contribution in [0.5, 0.6) is 0 Å². The van der Waals surface area contributed by atoms with Crippen molar-refractivity contribution in [3.63, 3.8) is 0 Å². The van der Waals surface area contributed by atoms with Gasteiger partial charge in [-0.05, 0) is 57.6 Å². The van der Waals surface area contributed by atoms with Gasteiger partial charge in [-0.3, -0.25) is 0 Å². The van der Waals surface area contributed by atoms with E-state index in [9.17, 15) is 4.39 Å². The Bertz CT molecular complexity index is 633. The Morgan fingerprint density at radius 3 is 2.55 bits per heavy atom. The van der Waals surface area contributed by atoms with E-state index in [1.807, 2.05) is 33.9 Å². The third kappa shape index (κ3) is 3.07. The molecule has 4 heteroatoms. The van der Waals surface area contributed by atoms with Crippen LogP contribution in [0.2, 0.25) is 0 Å². The number of oxazole rings is 1. The van der Waals surface area contributed by atoms with E-state index in [2.05, 4.69) is 16.3 Å². The van der Waals surface area contributed by atoms with Crippen molar-refractivity contribution < 1.29 is 8.81 Å². The van der Waals surface area contributed by atoms with Crippen LogP contribution in [0.15, 0.2) is 28.7 Å². The first kappa shape index (κ1) is 15.2. The largest absolute Gasteiger partial charge is 0.445 e. The highest BCUT2D eigenvalue weighted by Gasteiger charge is 2.35. The Balaban J connectivity index is 1.95. The first-order valence-corrected chi connectivity index (χ1v) is 7.17. The lowest BCUT2D eigenvalue weighted by Gasteiger charge is -2.20. The molecule has 1 aliphatic rings. The molecule has 0 aliphatic heterocycles. The molecule has 0 atom stereocenters. The summed E-state index contributed by atoms with van der Waals surface area (Å²) in [4.78, 5) is 6.59. The molecule has 5 radical (unpaired) electrons. The van der Waals surface area contributed by atoms with Gasteiger partial charge in [-0.15, -0.1) is 0 Å². The summed E-state index contributed by atoms with van der Waals surface area (Å²) in [5.74, 6) is 3.31. The molecule has 1 aliphatic carbocycles. The van der Waals surface area contributed by atoms with Crippen LogP contribution in [0.4, 0.5) is 4.39 Å². The predicted molar refractivity (Wildman–Crippen MR) is 83.7 cm³/mol. The van der Waals surface area contributed by atoms with Crippen LogP contribution in [0, 0.1) is 43.8 Å². The molecule has 3 nitrogen and oxygen atoms in total. The number of rotatable bonds is 4. The molecule has 0 unspecified atom stereocenters. The van der Waals surface area contributed by atoms with E-state index in [0.29, 0.717) is 5.89 Å². The number of halogens is 1. The quantitative estimate of drug-likeness (QED) is 0.865.